The Morgan fingerprint density at radius 2 is 1.68 bits per heavy atom. The molecule has 6 nitrogen and oxygen atoms in total. The lowest BCUT2D eigenvalue weighted by molar-refractivity contribution is -0.117. The highest BCUT2D eigenvalue weighted by molar-refractivity contribution is 5.94. The SMILES string of the molecule is CCOc1ccc(OCC)c(NC(=O)CN2CCN(CC)CC2)c1.Cl. The van der Waals surface area contributed by atoms with E-state index in [1.165, 1.54) is 0 Å². The van der Waals surface area contributed by atoms with Crippen LogP contribution in [0.1, 0.15) is 20.8 Å². The molecule has 1 saturated heterocycles. The Kier molecular flexibility index (Phi) is 9.63. The number of benzene rings is 1. The maximum absolute atomic E-state index is 12.4. The minimum absolute atomic E-state index is 0. The molecule has 7 heteroatoms. The average Bonchev–Trinajstić information content (AvgIpc) is 2.58. The van der Waals surface area contributed by atoms with Gasteiger partial charge in [0.1, 0.15) is 11.5 Å². The van der Waals surface area contributed by atoms with Gasteiger partial charge in [-0.05, 0) is 32.5 Å². The average molecular weight is 372 g/mol. The molecule has 142 valence electrons. The van der Waals surface area contributed by atoms with Crippen LogP contribution in [-0.4, -0.2) is 68.2 Å². The van der Waals surface area contributed by atoms with Crippen molar-refractivity contribution in [2.45, 2.75) is 20.8 Å². The summed E-state index contributed by atoms with van der Waals surface area (Å²) in [5, 5.41) is 2.97. The van der Waals surface area contributed by atoms with Crippen molar-refractivity contribution in [3.8, 4) is 11.5 Å². The first-order valence-corrected chi connectivity index (χ1v) is 8.80. The lowest BCUT2D eigenvalue weighted by Crippen LogP contribution is -2.48. The van der Waals surface area contributed by atoms with Gasteiger partial charge in [0.15, 0.2) is 0 Å². The molecule has 0 atom stereocenters. The van der Waals surface area contributed by atoms with E-state index in [1.54, 1.807) is 0 Å². The molecule has 0 radical (unpaired) electrons. The monoisotopic (exact) mass is 371 g/mol. The van der Waals surface area contributed by atoms with Crippen molar-refractivity contribution in [3.63, 3.8) is 0 Å². The fourth-order valence-electron chi connectivity index (χ4n) is 2.80. The largest absolute Gasteiger partial charge is 0.494 e. The normalized spacial score (nSPS) is 15.3. The fourth-order valence-corrected chi connectivity index (χ4v) is 2.80. The number of amides is 1. The molecule has 2 rings (SSSR count). The van der Waals surface area contributed by atoms with Crippen molar-refractivity contribution in [2.24, 2.45) is 0 Å². The van der Waals surface area contributed by atoms with E-state index < -0.39 is 0 Å². The zero-order chi connectivity index (χ0) is 17.4. The van der Waals surface area contributed by atoms with Gasteiger partial charge in [0, 0.05) is 32.2 Å². The summed E-state index contributed by atoms with van der Waals surface area (Å²) in [5.41, 5.74) is 0.667. The molecule has 25 heavy (non-hydrogen) atoms. The number of likely N-dealkylation sites (N-methyl/N-ethyl adjacent to an activating group) is 1. The number of rotatable bonds is 8. The molecule has 1 aromatic rings. The minimum atomic E-state index is -0.0189. The summed E-state index contributed by atoms with van der Waals surface area (Å²) < 4.78 is 11.1. The summed E-state index contributed by atoms with van der Waals surface area (Å²) in [6.07, 6.45) is 0. The molecule has 1 amide bonds. The van der Waals surface area contributed by atoms with Crippen molar-refractivity contribution in [2.75, 3.05) is 57.8 Å². The minimum Gasteiger partial charge on any atom is -0.494 e. The van der Waals surface area contributed by atoms with Gasteiger partial charge in [-0.15, -0.1) is 12.4 Å². The van der Waals surface area contributed by atoms with Crippen LogP contribution in [0.5, 0.6) is 11.5 Å². The standard InChI is InChI=1S/C18H29N3O3.ClH/c1-4-20-9-11-21(12-10-20)14-18(22)19-16-13-15(23-5-2)7-8-17(16)24-6-3;/h7-8,13H,4-6,9-12,14H2,1-3H3,(H,19,22);1H. The van der Waals surface area contributed by atoms with Crippen LogP contribution >= 0.6 is 12.4 Å². The van der Waals surface area contributed by atoms with Crippen LogP contribution in [0, 0.1) is 0 Å². The number of nitrogens with zero attached hydrogens (tertiary/aromatic N) is 2. The summed E-state index contributed by atoms with van der Waals surface area (Å²) in [4.78, 5) is 17.0. The van der Waals surface area contributed by atoms with Gasteiger partial charge in [-0.25, -0.2) is 0 Å². The van der Waals surface area contributed by atoms with E-state index in [4.69, 9.17) is 9.47 Å². The number of hydrogen-bond acceptors (Lipinski definition) is 5. The van der Waals surface area contributed by atoms with Crippen molar-refractivity contribution in [1.82, 2.24) is 9.80 Å². The second-order valence-electron chi connectivity index (χ2n) is 5.78. The number of ether oxygens (including phenoxy) is 2. The van der Waals surface area contributed by atoms with Gasteiger partial charge in [-0.2, -0.15) is 0 Å². The molecule has 1 aliphatic heterocycles. The van der Waals surface area contributed by atoms with E-state index in [0.717, 1.165) is 38.5 Å². The predicted octanol–water partition coefficient (Wildman–Crippen LogP) is 2.48. The van der Waals surface area contributed by atoms with Crippen LogP contribution in [0.3, 0.4) is 0 Å². The lowest BCUT2D eigenvalue weighted by Gasteiger charge is -2.33. The maximum Gasteiger partial charge on any atom is 0.238 e. The highest BCUT2D eigenvalue weighted by Crippen LogP contribution is 2.29. The fraction of sp³-hybridized carbons (Fsp3) is 0.611. The molecule has 0 spiro atoms. The van der Waals surface area contributed by atoms with Gasteiger partial charge < -0.3 is 19.7 Å². The quantitative estimate of drug-likeness (QED) is 0.760. The molecular weight excluding hydrogens is 342 g/mol. The molecule has 1 heterocycles. The van der Waals surface area contributed by atoms with Crippen molar-refractivity contribution in [1.29, 1.82) is 0 Å². The second-order valence-corrected chi connectivity index (χ2v) is 5.78. The second kappa shape index (κ2) is 11.2. The van der Waals surface area contributed by atoms with Gasteiger partial charge >= 0.3 is 0 Å². The molecule has 1 fully saturated rings. The van der Waals surface area contributed by atoms with Crippen LogP contribution in [0.4, 0.5) is 5.69 Å². The third-order valence-corrected chi connectivity index (χ3v) is 4.12. The topological polar surface area (TPSA) is 54.0 Å². The molecule has 0 bridgehead atoms. The molecule has 1 aliphatic rings. The molecular formula is C18H30ClN3O3. The van der Waals surface area contributed by atoms with Gasteiger partial charge in [-0.3, -0.25) is 9.69 Å². The Hall–Kier alpha value is -1.50. The van der Waals surface area contributed by atoms with E-state index >= 15 is 0 Å². The van der Waals surface area contributed by atoms with Crippen LogP contribution in [0.15, 0.2) is 18.2 Å². The number of hydrogen-bond donors (Lipinski definition) is 1. The smallest absolute Gasteiger partial charge is 0.238 e. The van der Waals surface area contributed by atoms with Gasteiger partial charge in [0.2, 0.25) is 5.91 Å². The number of carbonyl (C=O) groups excluding carboxylic acids is 1. The molecule has 0 aliphatic carbocycles. The molecule has 1 N–H and O–H groups in total. The van der Waals surface area contributed by atoms with Crippen LogP contribution in [-0.2, 0) is 4.79 Å². The zero-order valence-electron chi connectivity index (χ0n) is 15.4. The summed E-state index contributed by atoms with van der Waals surface area (Å²) in [6, 6.07) is 5.51. The Bertz CT molecular complexity index is 534. The first-order chi connectivity index (χ1) is 11.7. The zero-order valence-corrected chi connectivity index (χ0v) is 16.2. The van der Waals surface area contributed by atoms with E-state index in [2.05, 4.69) is 22.0 Å². The number of piperazine rings is 1. The van der Waals surface area contributed by atoms with Gasteiger partial charge in [0.25, 0.3) is 0 Å². The van der Waals surface area contributed by atoms with E-state index in [-0.39, 0.29) is 18.3 Å². The van der Waals surface area contributed by atoms with Gasteiger partial charge in [0.05, 0.1) is 25.4 Å². The molecule has 0 aromatic heterocycles. The number of carbonyl (C=O) groups is 1. The molecule has 0 saturated carbocycles. The van der Waals surface area contributed by atoms with Crippen molar-refractivity contribution in [3.05, 3.63) is 18.2 Å². The van der Waals surface area contributed by atoms with Crippen LogP contribution in [0.2, 0.25) is 0 Å². The lowest BCUT2D eigenvalue weighted by atomic mass is 10.2. The van der Waals surface area contributed by atoms with E-state index in [0.29, 0.717) is 31.2 Å². The van der Waals surface area contributed by atoms with E-state index in [1.807, 2.05) is 32.0 Å². The van der Waals surface area contributed by atoms with Crippen LogP contribution in [0.25, 0.3) is 0 Å². The Balaban J connectivity index is 0.00000312. The highest BCUT2D eigenvalue weighted by atomic mass is 35.5. The Morgan fingerprint density at radius 1 is 1.04 bits per heavy atom. The van der Waals surface area contributed by atoms with E-state index in [9.17, 15) is 4.79 Å². The summed E-state index contributed by atoms with van der Waals surface area (Å²) in [7, 11) is 0. The van der Waals surface area contributed by atoms with Crippen molar-refractivity contribution < 1.29 is 14.3 Å². The Labute approximate surface area is 156 Å². The number of anilines is 1. The first-order valence-electron chi connectivity index (χ1n) is 8.80. The molecule has 1 aromatic carbocycles. The van der Waals surface area contributed by atoms with Crippen molar-refractivity contribution >= 4 is 24.0 Å². The summed E-state index contributed by atoms with van der Waals surface area (Å²) in [5.74, 6) is 1.38. The third kappa shape index (κ3) is 6.72. The summed E-state index contributed by atoms with van der Waals surface area (Å²) in [6.45, 7) is 12.5. The summed E-state index contributed by atoms with van der Waals surface area (Å²) >= 11 is 0. The number of nitrogens with one attached hydrogen (secondary N) is 1. The first kappa shape index (κ1) is 21.5. The predicted molar refractivity (Wildman–Crippen MR) is 103 cm³/mol. The maximum atomic E-state index is 12.4. The molecule has 0 unspecified atom stereocenters. The van der Waals surface area contributed by atoms with Crippen LogP contribution < -0.4 is 14.8 Å². The van der Waals surface area contributed by atoms with Gasteiger partial charge in [-0.1, -0.05) is 6.92 Å². The number of halogens is 1. The highest BCUT2D eigenvalue weighted by Gasteiger charge is 2.18. The Morgan fingerprint density at radius 3 is 2.28 bits per heavy atom. The third-order valence-electron chi connectivity index (χ3n) is 4.12.